The number of carbonyl (C=O) groups is 1. The second-order valence-electron chi connectivity index (χ2n) is 8.87. The molecule has 1 amide bonds. The molecule has 0 fully saturated rings. The van der Waals surface area contributed by atoms with E-state index in [0.717, 1.165) is 41.7 Å². The van der Waals surface area contributed by atoms with Crippen LogP contribution in [0.2, 0.25) is 0 Å². The van der Waals surface area contributed by atoms with Gasteiger partial charge in [-0.15, -0.1) is 0 Å². The van der Waals surface area contributed by atoms with Crippen molar-refractivity contribution in [2.45, 2.75) is 30.2 Å². The van der Waals surface area contributed by atoms with Crippen LogP contribution < -0.4 is 19.1 Å². The van der Waals surface area contributed by atoms with Gasteiger partial charge in [-0.3, -0.25) is 9.10 Å². The topological polar surface area (TPSA) is 105 Å². The summed E-state index contributed by atoms with van der Waals surface area (Å²) in [6, 6.07) is 8.67. The summed E-state index contributed by atoms with van der Waals surface area (Å²) in [6.45, 7) is 0.498. The average Bonchev–Trinajstić information content (AvgIpc) is 2.91. The summed E-state index contributed by atoms with van der Waals surface area (Å²) in [5.74, 6) is -2.96. The summed E-state index contributed by atoms with van der Waals surface area (Å²) in [7, 11) is -3.54. The molecule has 2 atom stereocenters. The molecule has 0 saturated heterocycles. The van der Waals surface area contributed by atoms with Crippen LogP contribution in [0.25, 0.3) is 11.1 Å². The van der Waals surface area contributed by atoms with Crippen molar-refractivity contribution in [3.63, 3.8) is 0 Å². The molecule has 0 spiro atoms. The van der Waals surface area contributed by atoms with Gasteiger partial charge in [0.1, 0.15) is 23.8 Å². The third-order valence-electron chi connectivity index (χ3n) is 6.06. The molecule has 0 saturated carbocycles. The summed E-state index contributed by atoms with van der Waals surface area (Å²) in [5, 5.41) is 11.8. The van der Waals surface area contributed by atoms with Crippen molar-refractivity contribution >= 4 is 21.6 Å². The summed E-state index contributed by atoms with van der Waals surface area (Å²) < 4.78 is 108. The number of methoxy groups -OCH3 is 1. The van der Waals surface area contributed by atoms with Crippen LogP contribution in [0, 0.1) is 11.6 Å². The van der Waals surface area contributed by atoms with E-state index < -0.39 is 68.7 Å². The molecule has 0 bridgehead atoms. The van der Waals surface area contributed by atoms with Crippen molar-refractivity contribution in [2.24, 2.45) is 0 Å². The molecule has 1 heterocycles. The standard InChI is InChI=1S/C26H23F5N2O6S/c1-14(34)25(35)32-12-18-13-33(40(36,37)19-5-3-4-16(9-19)26(29,30)31)21-8-15(6-7-22(21)39-18)20-10-17(27)11-23(38-2)24(20)28/h3-11,14,18,34H,12-13H2,1-2H3,(H,32,35)/t14-,18+/m1/s1. The highest BCUT2D eigenvalue weighted by Crippen LogP contribution is 2.42. The van der Waals surface area contributed by atoms with Gasteiger partial charge in [-0.2, -0.15) is 13.2 Å². The zero-order chi connectivity index (χ0) is 29.4. The number of rotatable bonds is 7. The Bertz CT molecular complexity index is 1550. The van der Waals surface area contributed by atoms with Crippen LogP contribution in [0.15, 0.2) is 59.5 Å². The van der Waals surface area contributed by atoms with E-state index in [9.17, 15) is 35.9 Å². The number of halogens is 5. The number of nitrogens with one attached hydrogen (secondary N) is 1. The molecule has 14 heteroatoms. The molecule has 3 aromatic carbocycles. The van der Waals surface area contributed by atoms with Gasteiger partial charge in [-0.25, -0.2) is 17.2 Å². The molecule has 0 aliphatic carbocycles. The maximum Gasteiger partial charge on any atom is 0.416 e. The minimum Gasteiger partial charge on any atom is -0.494 e. The predicted molar refractivity (Wildman–Crippen MR) is 133 cm³/mol. The fourth-order valence-electron chi connectivity index (χ4n) is 4.06. The van der Waals surface area contributed by atoms with E-state index in [1.165, 1.54) is 25.1 Å². The first-order valence-corrected chi connectivity index (χ1v) is 13.2. The van der Waals surface area contributed by atoms with Gasteiger partial charge < -0.3 is 19.9 Å². The number of carbonyl (C=O) groups excluding carboxylic acids is 1. The molecular formula is C26H23F5N2O6S. The SMILES string of the molecule is COc1cc(F)cc(-c2ccc3c(c2)N(S(=O)(=O)c2cccc(C(F)(F)F)c2)C[C@H](CNC(=O)[C@@H](C)O)O3)c1F. The Balaban J connectivity index is 1.83. The zero-order valence-corrected chi connectivity index (χ0v) is 21.8. The van der Waals surface area contributed by atoms with E-state index in [4.69, 9.17) is 9.47 Å². The first-order chi connectivity index (χ1) is 18.7. The van der Waals surface area contributed by atoms with Gasteiger partial charge in [0.15, 0.2) is 11.6 Å². The number of aliphatic hydroxyl groups is 1. The van der Waals surface area contributed by atoms with Crippen LogP contribution in [-0.2, 0) is 21.0 Å². The number of fused-ring (bicyclic) bond motifs is 1. The van der Waals surface area contributed by atoms with Crippen LogP contribution in [0.1, 0.15) is 12.5 Å². The fraction of sp³-hybridized carbons (Fsp3) is 0.269. The number of ether oxygens (including phenoxy) is 2. The first-order valence-electron chi connectivity index (χ1n) is 11.7. The molecule has 0 radical (unpaired) electrons. The van der Waals surface area contributed by atoms with Crippen molar-refractivity contribution in [2.75, 3.05) is 24.5 Å². The predicted octanol–water partition coefficient (Wildman–Crippen LogP) is 4.11. The Labute approximate surface area is 226 Å². The van der Waals surface area contributed by atoms with E-state index in [1.54, 1.807) is 0 Å². The highest BCUT2D eigenvalue weighted by molar-refractivity contribution is 7.92. The monoisotopic (exact) mass is 586 g/mol. The van der Waals surface area contributed by atoms with Gasteiger partial charge in [-0.05, 0) is 48.9 Å². The van der Waals surface area contributed by atoms with Crippen LogP contribution in [-0.4, -0.2) is 51.8 Å². The lowest BCUT2D eigenvalue weighted by molar-refractivity contribution is -0.137. The second kappa shape index (κ2) is 10.9. The first kappa shape index (κ1) is 29.1. The van der Waals surface area contributed by atoms with Crippen LogP contribution >= 0.6 is 0 Å². The Morgan fingerprint density at radius 3 is 2.55 bits per heavy atom. The van der Waals surface area contributed by atoms with Gasteiger partial charge in [0.25, 0.3) is 10.0 Å². The molecule has 0 aromatic heterocycles. The highest BCUT2D eigenvalue weighted by atomic mass is 32.2. The number of benzene rings is 3. The normalized spacial score (nSPS) is 16.1. The zero-order valence-electron chi connectivity index (χ0n) is 21.0. The van der Waals surface area contributed by atoms with Gasteiger partial charge >= 0.3 is 6.18 Å². The molecule has 1 aliphatic heterocycles. The van der Waals surface area contributed by atoms with Crippen molar-refractivity contribution < 1.29 is 49.7 Å². The van der Waals surface area contributed by atoms with E-state index in [1.807, 2.05) is 0 Å². The van der Waals surface area contributed by atoms with Crippen LogP contribution in [0.5, 0.6) is 11.5 Å². The lowest BCUT2D eigenvalue weighted by Gasteiger charge is -2.36. The lowest BCUT2D eigenvalue weighted by atomic mass is 10.0. The van der Waals surface area contributed by atoms with Crippen molar-refractivity contribution in [1.82, 2.24) is 5.32 Å². The Morgan fingerprint density at radius 1 is 1.18 bits per heavy atom. The molecule has 0 unspecified atom stereocenters. The van der Waals surface area contributed by atoms with E-state index in [2.05, 4.69) is 5.32 Å². The largest absolute Gasteiger partial charge is 0.494 e. The second-order valence-corrected chi connectivity index (χ2v) is 10.7. The molecule has 3 aromatic rings. The number of hydrogen-bond acceptors (Lipinski definition) is 6. The van der Waals surface area contributed by atoms with Gasteiger partial charge in [0, 0.05) is 11.6 Å². The summed E-state index contributed by atoms with van der Waals surface area (Å²) in [4.78, 5) is 11.2. The molecule has 40 heavy (non-hydrogen) atoms. The van der Waals surface area contributed by atoms with E-state index >= 15 is 4.39 Å². The lowest BCUT2D eigenvalue weighted by Crippen LogP contribution is -2.49. The quantitative estimate of drug-likeness (QED) is 0.404. The number of anilines is 1. The summed E-state index contributed by atoms with van der Waals surface area (Å²) in [6.07, 6.45) is -7.20. The summed E-state index contributed by atoms with van der Waals surface area (Å²) >= 11 is 0. The molecular weight excluding hydrogens is 563 g/mol. The van der Waals surface area contributed by atoms with Crippen LogP contribution in [0.4, 0.5) is 27.6 Å². The number of alkyl halides is 3. The molecule has 4 rings (SSSR count). The Kier molecular flexibility index (Phi) is 7.94. The molecule has 1 aliphatic rings. The van der Waals surface area contributed by atoms with Crippen molar-refractivity contribution in [1.29, 1.82) is 0 Å². The number of sulfonamides is 1. The smallest absolute Gasteiger partial charge is 0.416 e. The average molecular weight is 587 g/mol. The minimum atomic E-state index is -4.82. The van der Waals surface area contributed by atoms with Crippen LogP contribution in [0.3, 0.4) is 0 Å². The third kappa shape index (κ3) is 5.82. The molecule has 8 nitrogen and oxygen atoms in total. The van der Waals surface area contributed by atoms with Gasteiger partial charge in [0.05, 0.1) is 36.3 Å². The van der Waals surface area contributed by atoms with Gasteiger partial charge in [0.2, 0.25) is 5.91 Å². The maximum absolute atomic E-state index is 15.0. The third-order valence-corrected chi connectivity index (χ3v) is 7.83. The number of amides is 1. The van der Waals surface area contributed by atoms with Crippen molar-refractivity contribution in [3.05, 3.63) is 71.8 Å². The Morgan fingerprint density at radius 2 is 1.90 bits per heavy atom. The number of hydrogen-bond donors (Lipinski definition) is 2. The van der Waals surface area contributed by atoms with Gasteiger partial charge in [-0.1, -0.05) is 12.1 Å². The van der Waals surface area contributed by atoms with E-state index in [0.29, 0.717) is 6.07 Å². The molecule has 2 N–H and O–H groups in total. The van der Waals surface area contributed by atoms with Crippen molar-refractivity contribution in [3.8, 4) is 22.6 Å². The Hall–Kier alpha value is -3.91. The highest BCUT2D eigenvalue weighted by Gasteiger charge is 2.37. The number of nitrogens with zero attached hydrogens (tertiary/aromatic N) is 1. The minimum absolute atomic E-state index is 0.0303. The summed E-state index contributed by atoms with van der Waals surface area (Å²) in [5.41, 5.74) is -1.58. The maximum atomic E-state index is 15.0. The molecule has 214 valence electrons. The van der Waals surface area contributed by atoms with E-state index in [-0.39, 0.29) is 29.1 Å². The fourth-order valence-corrected chi connectivity index (χ4v) is 5.60. The number of aliphatic hydroxyl groups excluding tert-OH is 1.